The van der Waals surface area contributed by atoms with E-state index in [2.05, 4.69) is 4.90 Å². The third-order valence-corrected chi connectivity index (χ3v) is 5.58. The van der Waals surface area contributed by atoms with Crippen LogP contribution in [0.25, 0.3) is 0 Å². The molecule has 1 atom stereocenters. The molecule has 2 saturated heterocycles. The standard InChI is InChI=1S/C19H26ClFN2O2/c1-13(2)23-12-17(25-19(23)24)11-22-7-5-14(6-8-22)9-15-10-16(21)3-4-18(15)20/h3-4,10,13-14,17H,5-9,11-12H2,1-2H3. The van der Waals surface area contributed by atoms with Crippen molar-refractivity contribution in [2.24, 2.45) is 5.92 Å². The van der Waals surface area contributed by atoms with E-state index < -0.39 is 0 Å². The van der Waals surface area contributed by atoms with Crippen molar-refractivity contribution in [2.75, 3.05) is 26.2 Å². The number of carbonyl (C=O) groups is 1. The van der Waals surface area contributed by atoms with Crippen LogP contribution < -0.4 is 0 Å². The highest BCUT2D eigenvalue weighted by molar-refractivity contribution is 6.31. The molecule has 0 aliphatic carbocycles. The third kappa shape index (κ3) is 4.64. The van der Waals surface area contributed by atoms with E-state index in [1.807, 2.05) is 13.8 Å². The van der Waals surface area contributed by atoms with Crippen molar-refractivity contribution in [2.45, 2.75) is 45.3 Å². The van der Waals surface area contributed by atoms with Crippen LogP contribution in [0.4, 0.5) is 9.18 Å². The summed E-state index contributed by atoms with van der Waals surface area (Å²) in [5, 5.41) is 0.649. The minimum Gasteiger partial charge on any atom is -0.443 e. The molecule has 0 spiro atoms. The first-order valence-electron chi connectivity index (χ1n) is 9.06. The molecule has 0 radical (unpaired) electrons. The van der Waals surface area contributed by atoms with E-state index in [0.717, 1.165) is 44.5 Å². The number of carbonyl (C=O) groups excluding carboxylic acids is 1. The van der Waals surface area contributed by atoms with Gasteiger partial charge in [-0.25, -0.2) is 9.18 Å². The van der Waals surface area contributed by atoms with Crippen molar-refractivity contribution in [3.05, 3.63) is 34.6 Å². The Hall–Kier alpha value is -1.33. The molecule has 2 heterocycles. The lowest BCUT2D eigenvalue weighted by Crippen LogP contribution is -2.41. The topological polar surface area (TPSA) is 32.8 Å². The summed E-state index contributed by atoms with van der Waals surface area (Å²) >= 11 is 6.18. The summed E-state index contributed by atoms with van der Waals surface area (Å²) in [6.45, 7) is 7.44. The Morgan fingerprint density at radius 2 is 2.04 bits per heavy atom. The van der Waals surface area contributed by atoms with Crippen LogP contribution in [0.5, 0.6) is 0 Å². The largest absolute Gasteiger partial charge is 0.443 e. The molecule has 4 nitrogen and oxygen atoms in total. The summed E-state index contributed by atoms with van der Waals surface area (Å²) in [5.74, 6) is 0.295. The fourth-order valence-corrected chi connectivity index (χ4v) is 3.92. The summed E-state index contributed by atoms with van der Waals surface area (Å²) in [6, 6.07) is 4.76. The Kier molecular flexibility index (Phi) is 5.85. The van der Waals surface area contributed by atoms with E-state index in [-0.39, 0.29) is 24.1 Å². The SMILES string of the molecule is CC(C)N1CC(CN2CCC(Cc3cc(F)ccc3Cl)CC2)OC1=O. The Morgan fingerprint density at radius 3 is 2.68 bits per heavy atom. The predicted octanol–water partition coefficient (Wildman–Crippen LogP) is 3.96. The molecule has 6 heteroatoms. The van der Waals surface area contributed by atoms with Gasteiger partial charge in [-0.05, 0) is 75.9 Å². The van der Waals surface area contributed by atoms with Gasteiger partial charge in [0.15, 0.2) is 0 Å². The van der Waals surface area contributed by atoms with E-state index in [9.17, 15) is 9.18 Å². The molecule has 2 aliphatic heterocycles. The highest BCUT2D eigenvalue weighted by Crippen LogP contribution is 2.27. The first-order valence-corrected chi connectivity index (χ1v) is 9.43. The molecule has 138 valence electrons. The molecule has 0 saturated carbocycles. The normalized spacial score (nSPS) is 22.7. The maximum Gasteiger partial charge on any atom is 0.410 e. The van der Waals surface area contributed by atoms with Gasteiger partial charge in [0, 0.05) is 17.6 Å². The van der Waals surface area contributed by atoms with Crippen LogP contribution in [-0.4, -0.2) is 54.2 Å². The van der Waals surface area contributed by atoms with Crippen LogP contribution in [-0.2, 0) is 11.2 Å². The Morgan fingerprint density at radius 1 is 1.32 bits per heavy atom. The molecule has 3 rings (SSSR count). The van der Waals surface area contributed by atoms with Gasteiger partial charge in [0.25, 0.3) is 0 Å². The van der Waals surface area contributed by atoms with Gasteiger partial charge in [0.05, 0.1) is 6.54 Å². The van der Waals surface area contributed by atoms with Gasteiger partial charge in [-0.1, -0.05) is 11.6 Å². The highest BCUT2D eigenvalue weighted by Gasteiger charge is 2.34. The number of cyclic esters (lactones) is 1. The third-order valence-electron chi connectivity index (χ3n) is 5.21. The zero-order valence-corrected chi connectivity index (χ0v) is 15.6. The Labute approximate surface area is 153 Å². The summed E-state index contributed by atoms with van der Waals surface area (Å²) in [4.78, 5) is 16.0. The molecular weight excluding hydrogens is 343 g/mol. The van der Waals surface area contributed by atoms with Gasteiger partial charge in [0.2, 0.25) is 0 Å². The smallest absolute Gasteiger partial charge is 0.410 e. The average Bonchev–Trinajstić information content (AvgIpc) is 2.93. The molecule has 1 unspecified atom stereocenters. The Bertz CT molecular complexity index is 617. The number of hydrogen-bond acceptors (Lipinski definition) is 3. The highest BCUT2D eigenvalue weighted by atomic mass is 35.5. The second kappa shape index (κ2) is 7.92. The van der Waals surface area contributed by atoms with E-state index in [0.29, 0.717) is 17.5 Å². The minimum absolute atomic E-state index is 0.0379. The van der Waals surface area contributed by atoms with E-state index in [4.69, 9.17) is 16.3 Å². The molecular formula is C19H26ClFN2O2. The number of piperidine rings is 1. The quantitative estimate of drug-likeness (QED) is 0.788. The second-order valence-corrected chi connectivity index (χ2v) is 7.84. The van der Waals surface area contributed by atoms with Gasteiger partial charge < -0.3 is 9.64 Å². The lowest BCUT2D eigenvalue weighted by Gasteiger charge is -2.33. The van der Waals surface area contributed by atoms with Crippen LogP contribution in [0.3, 0.4) is 0 Å². The van der Waals surface area contributed by atoms with E-state index >= 15 is 0 Å². The van der Waals surface area contributed by atoms with Crippen LogP contribution in [0.15, 0.2) is 18.2 Å². The average molecular weight is 369 g/mol. The zero-order valence-electron chi connectivity index (χ0n) is 14.9. The van der Waals surface area contributed by atoms with Crippen LogP contribution in [0, 0.1) is 11.7 Å². The van der Waals surface area contributed by atoms with Crippen molar-refractivity contribution < 1.29 is 13.9 Å². The summed E-state index contributed by atoms with van der Waals surface area (Å²) in [6.07, 6.45) is 2.70. The van der Waals surface area contributed by atoms with Crippen molar-refractivity contribution in [1.82, 2.24) is 9.80 Å². The minimum atomic E-state index is -0.227. The van der Waals surface area contributed by atoms with Crippen LogP contribution >= 0.6 is 11.6 Å². The van der Waals surface area contributed by atoms with Gasteiger partial charge in [-0.15, -0.1) is 0 Å². The number of halogens is 2. The number of likely N-dealkylation sites (tertiary alicyclic amines) is 1. The van der Waals surface area contributed by atoms with Crippen LogP contribution in [0.2, 0.25) is 5.02 Å². The zero-order chi connectivity index (χ0) is 18.0. The van der Waals surface area contributed by atoms with Crippen molar-refractivity contribution in [3.8, 4) is 0 Å². The molecule has 1 aromatic rings. The molecule has 1 aromatic carbocycles. The number of benzene rings is 1. The van der Waals surface area contributed by atoms with Crippen molar-refractivity contribution in [3.63, 3.8) is 0 Å². The fraction of sp³-hybridized carbons (Fsp3) is 0.632. The lowest BCUT2D eigenvalue weighted by atomic mass is 9.90. The summed E-state index contributed by atoms with van der Waals surface area (Å²) in [5.41, 5.74) is 0.900. The van der Waals surface area contributed by atoms with E-state index in [1.54, 1.807) is 17.0 Å². The Balaban J connectivity index is 1.46. The number of amides is 1. The fourth-order valence-electron chi connectivity index (χ4n) is 3.73. The maximum atomic E-state index is 13.4. The molecule has 0 bridgehead atoms. The molecule has 2 aliphatic rings. The second-order valence-electron chi connectivity index (χ2n) is 7.44. The van der Waals surface area contributed by atoms with E-state index in [1.165, 1.54) is 6.07 Å². The molecule has 2 fully saturated rings. The number of hydrogen-bond donors (Lipinski definition) is 0. The molecule has 25 heavy (non-hydrogen) atoms. The first kappa shape index (κ1) is 18.5. The van der Waals surface area contributed by atoms with Crippen molar-refractivity contribution >= 4 is 17.7 Å². The summed E-state index contributed by atoms with van der Waals surface area (Å²) in [7, 11) is 0. The molecule has 0 N–H and O–H groups in total. The summed E-state index contributed by atoms with van der Waals surface area (Å²) < 4.78 is 18.9. The van der Waals surface area contributed by atoms with Gasteiger partial charge in [-0.2, -0.15) is 0 Å². The lowest BCUT2D eigenvalue weighted by molar-refractivity contribution is 0.0902. The van der Waals surface area contributed by atoms with Gasteiger partial charge in [0.1, 0.15) is 11.9 Å². The number of ether oxygens (including phenoxy) is 1. The van der Waals surface area contributed by atoms with Gasteiger partial charge >= 0.3 is 6.09 Å². The maximum absolute atomic E-state index is 13.4. The van der Waals surface area contributed by atoms with Gasteiger partial charge in [-0.3, -0.25) is 4.90 Å². The molecule has 1 amide bonds. The van der Waals surface area contributed by atoms with Crippen LogP contribution in [0.1, 0.15) is 32.3 Å². The number of nitrogens with zero attached hydrogens (tertiary/aromatic N) is 2. The predicted molar refractivity (Wildman–Crippen MR) is 96.4 cm³/mol. The van der Waals surface area contributed by atoms with Crippen molar-refractivity contribution in [1.29, 1.82) is 0 Å². The number of rotatable bonds is 5. The first-order chi connectivity index (χ1) is 11.9. The molecule has 0 aromatic heterocycles. The monoisotopic (exact) mass is 368 g/mol.